The molecule has 1 aromatic rings. The Kier molecular flexibility index (Phi) is 6.07. The summed E-state index contributed by atoms with van der Waals surface area (Å²) in [6.07, 6.45) is 3.76. The molecule has 0 bridgehead atoms. The second-order valence-electron chi connectivity index (χ2n) is 5.69. The SMILES string of the molecule is CCNCc1cc(COCCC2CCCN2C)oc1C. The van der Waals surface area contributed by atoms with E-state index in [2.05, 4.69) is 30.3 Å². The van der Waals surface area contributed by atoms with Crippen molar-refractivity contribution >= 4 is 0 Å². The van der Waals surface area contributed by atoms with Crippen LogP contribution in [0.4, 0.5) is 0 Å². The van der Waals surface area contributed by atoms with Crippen molar-refractivity contribution in [3.8, 4) is 0 Å². The van der Waals surface area contributed by atoms with Crippen molar-refractivity contribution in [3.05, 3.63) is 23.2 Å². The van der Waals surface area contributed by atoms with Gasteiger partial charge in [-0.15, -0.1) is 0 Å². The first-order valence-corrected chi connectivity index (χ1v) is 7.77. The molecule has 2 heterocycles. The molecule has 1 saturated heterocycles. The Morgan fingerprint density at radius 2 is 2.35 bits per heavy atom. The van der Waals surface area contributed by atoms with Gasteiger partial charge in [0.2, 0.25) is 0 Å². The fourth-order valence-electron chi connectivity index (χ4n) is 2.83. The molecule has 1 atom stereocenters. The van der Waals surface area contributed by atoms with E-state index in [0.29, 0.717) is 12.6 Å². The fourth-order valence-corrected chi connectivity index (χ4v) is 2.83. The molecule has 1 aliphatic rings. The lowest BCUT2D eigenvalue weighted by Gasteiger charge is -2.18. The van der Waals surface area contributed by atoms with Gasteiger partial charge in [0.05, 0.1) is 0 Å². The minimum atomic E-state index is 0.587. The van der Waals surface area contributed by atoms with Gasteiger partial charge in [0, 0.05) is 24.8 Å². The zero-order valence-electron chi connectivity index (χ0n) is 13.1. The minimum absolute atomic E-state index is 0.587. The molecule has 1 aromatic heterocycles. The molecular weight excluding hydrogens is 252 g/mol. The summed E-state index contributed by atoms with van der Waals surface area (Å²) >= 11 is 0. The third-order valence-electron chi connectivity index (χ3n) is 4.15. The summed E-state index contributed by atoms with van der Waals surface area (Å²) in [6, 6.07) is 2.82. The molecule has 1 unspecified atom stereocenters. The van der Waals surface area contributed by atoms with E-state index in [4.69, 9.17) is 9.15 Å². The van der Waals surface area contributed by atoms with Gasteiger partial charge in [-0.05, 0) is 52.4 Å². The van der Waals surface area contributed by atoms with Gasteiger partial charge in [-0.3, -0.25) is 0 Å². The second-order valence-corrected chi connectivity index (χ2v) is 5.69. The van der Waals surface area contributed by atoms with Crippen LogP contribution < -0.4 is 5.32 Å². The van der Waals surface area contributed by atoms with E-state index in [-0.39, 0.29) is 0 Å². The summed E-state index contributed by atoms with van der Waals surface area (Å²) in [5, 5.41) is 3.32. The molecule has 4 nitrogen and oxygen atoms in total. The molecule has 20 heavy (non-hydrogen) atoms. The lowest BCUT2D eigenvalue weighted by atomic mass is 10.1. The number of ether oxygens (including phenoxy) is 1. The molecular formula is C16H28N2O2. The van der Waals surface area contributed by atoms with Crippen LogP contribution in [0.15, 0.2) is 10.5 Å². The van der Waals surface area contributed by atoms with E-state index in [9.17, 15) is 0 Å². The molecule has 2 rings (SSSR count). The predicted octanol–water partition coefficient (Wildman–Crippen LogP) is 2.70. The Bertz CT molecular complexity index is 403. The van der Waals surface area contributed by atoms with Crippen LogP contribution in [0.1, 0.15) is 43.3 Å². The lowest BCUT2D eigenvalue weighted by Crippen LogP contribution is -2.26. The lowest BCUT2D eigenvalue weighted by molar-refractivity contribution is 0.0889. The number of hydrogen-bond acceptors (Lipinski definition) is 4. The van der Waals surface area contributed by atoms with E-state index in [0.717, 1.165) is 37.6 Å². The summed E-state index contributed by atoms with van der Waals surface area (Å²) in [6.45, 7) is 8.61. The van der Waals surface area contributed by atoms with Gasteiger partial charge in [0.15, 0.2) is 0 Å². The third-order valence-corrected chi connectivity index (χ3v) is 4.15. The van der Waals surface area contributed by atoms with Crippen LogP contribution in [-0.2, 0) is 17.9 Å². The van der Waals surface area contributed by atoms with Crippen LogP contribution in [0, 0.1) is 6.92 Å². The monoisotopic (exact) mass is 280 g/mol. The Labute approximate surface area is 122 Å². The topological polar surface area (TPSA) is 37.6 Å². The van der Waals surface area contributed by atoms with Gasteiger partial charge in [0.1, 0.15) is 18.1 Å². The van der Waals surface area contributed by atoms with Crippen LogP contribution >= 0.6 is 0 Å². The van der Waals surface area contributed by atoms with E-state index in [1.807, 2.05) is 6.92 Å². The van der Waals surface area contributed by atoms with Gasteiger partial charge in [-0.2, -0.15) is 0 Å². The van der Waals surface area contributed by atoms with Crippen LogP contribution in [0.2, 0.25) is 0 Å². The van der Waals surface area contributed by atoms with Crippen LogP contribution in [0.25, 0.3) is 0 Å². The van der Waals surface area contributed by atoms with Crippen molar-refractivity contribution in [1.82, 2.24) is 10.2 Å². The highest BCUT2D eigenvalue weighted by atomic mass is 16.5. The van der Waals surface area contributed by atoms with Crippen molar-refractivity contribution in [1.29, 1.82) is 0 Å². The summed E-state index contributed by atoms with van der Waals surface area (Å²) < 4.78 is 11.5. The van der Waals surface area contributed by atoms with E-state index in [1.165, 1.54) is 24.9 Å². The van der Waals surface area contributed by atoms with E-state index in [1.54, 1.807) is 0 Å². The van der Waals surface area contributed by atoms with Gasteiger partial charge >= 0.3 is 0 Å². The largest absolute Gasteiger partial charge is 0.464 e. The van der Waals surface area contributed by atoms with Gasteiger partial charge in [-0.1, -0.05) is 6.92 Å². The quantitative estimate of drug-likeness (QED) is 0.743. The summed E-state index contributed by atoms with van der Waals surface area (Å²) in [5.41, 5.74) is 1.24. The average Bonchev–Trinajstić information content (AvgIpc) is 2.99. The van der Waals surface area contributed by atoms with Crippen molar-refractivity contribution < 1.29 is 9.15 Å². The molecule has 0 saturated carbocycles. The normalized spacial score (nSPS) is 19.9. The smallest absolute Gasteiger partial charge is 0.130 e. The van der Waals surface area contributed by atoms with Crippen LogP contribution in [0.5, 0.6) is 0 Å². The highest BCUT2D eigenvalue weighted by Crippen LogP contribution is 2.19. The molecule has 0 aromatic carbocycles. The maximum atomic E-state index is 5.76. The van der Waals surface area contributed by atoms with Crippen LogP contribution in [-0.4, -0.2) is 37.7 Å². The first kappa shape index (κ1) is 15.5. The molecule has 1 aliphatic heterocycles. The average molecular weight is 280 g/mol. The highest BCUT2D eigenvalue weighted by Gasteiger charge is 2.20. The Balaban J connectivity index is 1.68. The standard InChI is InChI=1S/C16H28N2O2/c1-4-17-11-14-10-16(20-13(14)2)12-19-9-7-15-6-5-8-18(15)3/h10,15,17H,4-9,11-12H2,1-3H3. The third kappa shape index (κ3) is 4.33. The minimum Gasteiger partial charge on any atom is -0.464 e. The maximum Gasteiger partial charge on any atom is 0.130 e. The van der Waals surface area contributed by atoms with Gasteiger partial charge < -0.3 is 19.4 Å². The number of nitrogens with zero attached hydrogens (tertiary/aromatic N) is 1. The first-order valence-electron chi connectivity index (χ1n) is 7.77. The number of nitrogens with one attached hydrogen (secondary N) is 1. The summed E-state index contributed by atoms with van der Waals surface area (Å²) in [7, 11) is 2.21. The number of furan rings is 1. The molecule has 1 N–H and O–H groups in total. The van der Waals surface area contributed by atoms with Gasteiger partial charge in [0.25, 0.3) is 0 Å². The maximum absolute atomic E-state index is 5.76. The number of likely N-dealkylation sites (tertiary alicyclic amines) is 1. The molecule has 0 spiro atoms. The molecule has 114 valence electrons. The fraction of sp³-hybridized carbons (Fsp3) is 0.750. The van der Waals surface area contributed by atoms with E-state index < -0.39 is 0 Å². The molecule has 1 fully saturated rings. The van der Waals surface area contributed by atoms with Gasteiger partial charge in [-0.25, -0.2) is 0 Å². The highest BCUT2D eigenvalue weighted by molar-refractivity contribution is 5.20. The molecule has 4 heteroatoms. The first-order chi connectivity index (χ1) is 9.70. The predicted molar refractivity (Wildman–Crippen MR) is 80.8 cm³/mol. The number of hydrogen-bond donors (Lipinski definition) is 1. The second kappa shape index (κ2) is 7.81. The molecule has 0 radical (unpaired) electrons. The Hall–Kier alpha value is -0.840. The molecule has 0 amide bonds. The Morgan fingerprint density at radius 1 is 1.50 bits per heavy atom. The zero-order valence-corrected chi connectivity index (χ0v) is 13.1. The zero-order chi connectivity index (χ0) is 14.4. The van der Waals surface area contributed by atoms with E-state index >= 15 is 0 Å². The number of aryl methyl sites for hydroxylation is 1. The summed E-state index contributed by atoms with van der Waals surface area (Å²) in [5.74, 6) is 1.94. The Morgan fingerprint density at radius 3 is 3.05 bits per heavy atom. The van der Waals surface area contributed by atoms with Crippen molar-refractivity contribution in [2.75, 3.05) is 26.7 Å². The van der Waals surface area contributed by atoms with Crippen molar-refractivity contribution in [2.24, 2.45) is 0 Å². The molecule has 0 aliphatic carbocycles. The van der Waals surface area contributed by atoms with Crippen molar-refractivity contribution in [3.63, 3.8) is 0 Å². The van der Waals surface area contributed by atoms with Crippen molar-refractivity contribution in [2.45, 2.75) is 52.3 Å². The summed E-state index contributed by atoms with van der Waals surface area (Å²) in [4.78, 5) is 2.44. The van der Waals surface area contributed by atoms with Crippen LogP contribution in [0.3, 0.4) is 0 Å². The number of rotatable bonds is 8.